The van der Waals surface area contributed by atoms with E-state index in [9.17, 15) is 4.79 Å². The molecule has 1 fully saturated rings. The normalized spacial score (nSPS) is 16.5. The van der Waals surface area contributed by atoms with Crippen molar-refractivity contribution >= 4 is 27.5 Å². The smallest absolute Gasteiger partial charge is 0.270 e. The average Bonchev–Trinajstić information content (AvgIpc) is 3.24. The molecule has 0 atom stereocenters. The maximum absolute atomic E-state index is 12.6. The third-order valence-electron chi connectivity index (χ3n) is 4.28. The van der Waals surface area contributed by atoms with Crippen LogP contribution in [0.5, 0.6) is 0 Å². The number of hydrogen-bond acceptors (Lipinski definition) is 4. The Morgan fingerprint density at radius 3 is 3.00 bits per heavy atom. The summed E-state index contributed by atoms with van der Waals surface area (Å²) in [5.41, 5.74) is 1.76. The average molecular weight is 315 g/mol. The van der Waals surface area contributed by atoms with Crippen molar-refractivity contribution in [1.82, 2.24) is 24.6 Å². The first-order valence-electron chi connectivity index (χ1n) is 7.47. The van der Waals surface area contributed by atoms with Gasteiger partial charge in [0.25, 0.3) is 5.91 Å². The summed E-state index contributed by atoms with van der Waals surface area (Å²) in [5, 5.41) is 6.18. The molecule has 0 radical (unpaired) electrons. The number of H-pyrrole nitrogens is 1. The van der Waals surface area contributed by atoms with Crippen molar-refractivity contribution < 1.29 is 4.79 Å². The van der Waals surface area contributed by atoms with Crippen LogP contribution in [0.25, 0.3) is 10.2 Å². The van der Waals surface area contributed by atoms with E-state index in [2.05, 4.69) is 15.1 Å². The van der Waals surface area contributed by atoms with E-state index < -0.39 is 0 Å². The number of amides is 1. The fourth-order valence-electron chi connectivity index (χ4n) is 3.04. The molecule has 0 aromatic carbocycles. The fourth-order valence-corrected chi connectivity index (χ4v) is 3.83. The summed E-state index contributed by atoms with van der Waals surface area (Å²) in [4.78, 5) is 21.7. The fraction of sp³-hybridized carbons (Fsp3) is 0.400. The quantitative estimate of drug-likeness (QED) is 0.807. The third kappa shape index (κ3) is 2.52. The second-order valence-electron chi connectivity index (χ2n) is 5.73. The molecular weight excluding hydrogens is 298 g/mol. The lowest BCUT2D eigenvalue weighted by Crippen LogP contribution is -2.39. The van der Waals surface area contributed by atoms with Gasteiger partial charge >= 0.3 is 0 Å². The highest BCUT2D eigenvalue weighted by Crippen LogP contribution is 2.24. The lowest BCUT2D eigenvalue weighted by molar-refractivity contribution is 0.0676. The van der Waals surface area contributed by atoms with Gasteiger partial charge in [-0.2, -0.15) is 5.10 Å². The predicted octanol–water partition coefficient (Wildman–Crippen LogP) is 2.37. The molecule has 0 spiro atoms. The number of carbonyl (C=O) groups is 1. The summed E-state index contributed by atoms with van der Waals surface area (Å²) in [7, 11) is 0. The first-order chi connectivity index (χ1) is 10.8. The Bertz CT molecular complexity index is 738. The number of carbonyl (C=O) groups excluding carboxylic acids is 1. The highest BCUT2D eigenvalue weighted by atomic mass is 32.1. The number of nitrogens with zero attached hydrogens (tertiary/aromatic N) is 4. The van der Waals surface area contributed by atoms with Crippen molar-refractivity contribution in [3.05, 3.63) is 35.9 Å². The number of aromatic amines is 1. The summed E-state index contributed by atoms with van der Waals surface area (Å²) in [6, 6.07) is 3.98. The molecule has 0 bridgehead atoms. The van der Waals surface area contributed by atoms with Gasteiger partial charge in [-0.05, 0) is 36.3 Å². The van der Waals surface area contributed by atoms with Gasteiger partial charge < -0.3 is 9.88 Å². The number of piperidine rings is 1. The maximum Gasteiger partial charge on any atom is 0.270 e. The molecule has 114 valence electrons. The number of likely N-dealkylation sites (tertiary alicyclic amines) is 1. The number of thiophene rings is 1. The molecule has 3 aromatic heterocycles. The lowest BCUT2D eigenvalue weighted by atomic mass is 9.96. The van der Waals surface area contributed by atoms with Crippen LogP contribution in [0.1, 0.15) is 23.3 Å². The van der Waals surface area contributed by atoms with Gasteiger partial charge in [0.2, 0.25) is 0 Å². The summed E-state index contributed by atoms with van der Waals surface area (Å²) in [6.07, 6.45) is 5.35. The van der Waals surface area contributed by atoms with Crippen LogP contribution in [0.15, 0.2) is 30.2 Å². The van der Waals surface area contributed by atoms with E-state index in [-0.39, 0.29) is 5.91 Å². The summed E-state index contributed by atoms with van der Waals surface area (Å²) < 4.78 is 3.02. The molecule has 1 amide bonds. The summed E-state index contributed by atoms with van der Waals surface area (Å²) in [6.45, 7) is 2.51. The predicted molar refractivity (Wildman–Crippen MR) is 84.8 cm³/mol. The van der Waals surface area contributed by atoms with Crippen LogP contribution in [-0.2, 0) is 6.54 Å². The van der Waals surface area contributed by atoms with Gasteiger partial charge in [-0.15, -0.1) is 11.3 Å². The molecule has 6 nitrogen and oxygen atoms in total. The highest BCUT2D eigenvalue weighted by Gasteiger charge is 2.25. The molecule has 3 aromatic rings. The zero-order valence-electron chi connectivity index (χ0n) is 12.1. The van der Waals surface area contributed by atoms with Crippen LogP contribution in [0.2, 0.25) is 0 Å². The monoisotopic (exact) mass is 315 g/mol. The minimum atomic E-state index is 0.114. The number of hydrogen-bond donors (Lipinski definition) is 1. The maximum atomic E-state index is 12.6. The first kappa shape index (κ1) is 13.5. The minimum Gasteiger partial charge on any atom is -0.350 e. The van der Waals surface area contributed by atoms with Gasteiger partial charge in [-0.25, -0.2) is 4.98 Å². The molecule has 0 unspecified atom stereocenters. The highest BCUT2D eigenvalue weighted by molar-refractivity contribution is 7.17. The van der Waals surface area contributed by atoms with E-state index in [1.165, 1.54) is 0 Å². The van der Waals surface area contributed by atoms with Gasteiger partial charge in [0.05, 0.1) is 10.2 Å². The van der Waals surface area contributed by atoms with Crippen molar-refractivity contribution in [2.75, 3.05) is 13.1 Å². The second kappa shape index (κ2) is 5.57. The molecule has 1 aliphatic heterocycles. The van der Waals surface area contributed by atoms with E-state index in [0.29, 0.717) is 11.6 Å². The van der Waals surface area contributed by atoms with Crippen molar-refractivity contribution in [1.29, 1.82) is 0 Å². The molecule has 1 N–H and O–H groups in total. The van der Waals surface area contributed by atoms with Crippen LogP contribution in [0.4, 0.5) is 0 Å². The molecule has 4 rings (SSSR count). The molecule has 22 heavy (non-hydrogen) atoms. The Morgan fingerprint density at radius 2 is 2.27 bits per heavy atom. The molecule has 4 heterocycles. The van der Waals surface area contributed by atoms with E-state index in [1.807, 2.05) is 27.1 Å². The van der Waals surface area contributed by atoms with Crippen molar-refractivity contribution in [2.45, 2.75) is 19.4 Å². The molecular formula is C15H17N5OS. The van der Waals surface area contributed by atoms with Gasteiger partial charge in [0.15, 0.2) is 0 Å². The third-order valence-corrected chi connectivity index (χ3v) is 5.15. The molecule has 0 aliphatic carbocycles. The Morgan fingerprint density at radius 1 is 1.41 bits per heavy atom. The van der Waals surface area contributed by atoms with Crippen LogP contribution in [0, 0.1) is 5.92 Å². The number of nitrogens with one attached hydrogen (secondary N) is 1. The van der Waals surface area contributed by atoms with Crippen molar-refractivity contribution in [3.8, 4) is 0 Å². The van der Waals surface area contributed by atoms with Crippen LogP contribution < -0.4 is 0 Å². The SMILES string of the molecule is O=C(c1cc2sccc2[nH]1)N1CCC(Cn2cncn2)CC1. The van der Waals surface area contributed by atoms with Gasteiger partial charge in [-0.3, -0.25) is 9.48 Å². The molecule has 7 heteroatoms. The summed E-state index contributed by atoms with van der Waals surface area (Å²) in [5.74, 6) is 0.681. The first-order valence-corrected chi connectivity index (χ1v) is 8.35. The Hall–Kier alpha value is -2.15. The number of rotatable bonds is 3. The van der Waals surface area contributed by atoms with E-state index in [0.717, 1.165) is 42.7 Å². The number of fused-ring (bicyclic) bond motifs is 1. The topological polar surface area (TPSA) is 66.8 Å². The summed E-state index contributed by atoms with van der Waals surface area (Å²) >= 11 is 1.66. The Kier molecular flexibility index (Phi) is 3.42. The second-order valence-corrected chi connectivity index (χ2v) is 6.68. The van der Waals surface area contributed by atoms with E-state index >= 15 is 0 Å². The minimum absolute atomic E-state index is 0.114. The largest absolute Gasteiger partial charge is 0.350 e. The Labute approximate surface area is 131 Å². The van der Waals surface area contributed by atoms with Gasteiger partial charge in [0, 0.05) is 19.6 Å². The molecule has 1 aliphatic rings. The van der Waals surface area contributed by atoms with Gasteiger partial charge in [0.1, 0.15) is 18.3 Å². The molecule has 0 saturated carbocycles. The number of aromatic nitrogens is 4. The van der Waals surface area contributed by atoms with E-state index in [4.69, 9.17) is 0 Å². The van der Waals surface area contributed by atoms with Gasteiger partial charge in [-0.1, -0.05) is 0 Å². The van der Waals surface area contributed by atoms with Crippen LogP contribution >= 0.6 is 11.3 Å². The zero-order valence-corrected chi connectivity index (χ0v) is 12.9. The van der Waals surface area contributed by atoms with Crippen LogP contribution in [0.3, 0.4) is 0 Å². The standard InChI is InChI=1S/C15H17N5OS/c21-15(13-7-14-12(18-13)3-6-22-14)19-4-1-11(2-5-19)8-20-10-16-9-17-20/h3,6-7,9-11,18H,1-2,4-5,8H2. The Balaban J connectivity index is 1.38. The molecule has 1 saturated heterocycles. The van der Waals surface area contributed by atoms with Crippen molar-refractivity contribution in [2.24, 2.45) is 5.92 Å². The lowest BCUT2D eigenvalue weighted by Gasteiger charge is -2.31. The zero-order chi connectivity index (χ0) is 14.9. The van der Waals surface area contributed by atoms with Crippen LogP contribution in [-0.4, -0.2) is 43.6 Å². The van der Waals surface area contributed by atoms with E-state index in [1.54, 1.807) is 24.0 Å². The van der Waals surface area contributed by atoms with Crippen molar-refractivity contribution in [3.63, 3.8) is 0 Å².